The highest BCUT2D eigenvalue weighted by Crippen LogP contribution is 2.44. The molecule has 0 amide bonds. The van der Waals surface area contributed by atoms with Gasteiger partial charge in [-0.25, -0.2) is 0 Å². The average Bonchev–Trinajstić information content (AvgIpc) is 2.36. The van der Waals surface area contributed by atoms with Gasteiger partial charge in [0.1, 0.15) is 11.4 Å². The highest BCUT2D eigenvalue weighted by atomic mass is 31.2. The van der Waals surface area contributed by atoms with Crippen molar-refractivity contribution in [2.75, 3.05) is 0 Å². The first-order chi connectivity index (χ1) is 8.45. The number of pyridine rings is 1. The van der Waals surface area contributed by atoms with E-state index in [1.54, 1.807) is 18.2 Å². The van der Waals surface area contributed by atoms with Gasteiger partial charge < -0.3 is 9.79 Å². The van der Waals surface area contributed by atoms with E-state index in [1.165, 1.54) is 25.1 Å². The SMILES string of the molecule is CCCC.N#C/C(=C\c1ccccn1)P(=O)(O)O. The fraction of sp³-hybridized carbons (Fsp3) is 0.333. The van der Waals surface area contributed by atoms with Crippen LogP contribution in [-0.4, -0.2) is 14.8 Å². The van der Waals surface area contributed by atoms with Crippen LogP contribution >= 0.6 is 7.60 Å². The largest absolute Gasteiger partial charge is 0.366 e. The lowest BCUT2D eigenvalue weighted by Gasteiger charge is -1.99. The molecule has 0 radical (unpaired) electrons. The summed E-state index contributed by atoms with van der Waals surface area (Å²) in [5.74, 6) is 0. The van der Waals surface area contributed by atoms with Crippen molar-refractivity contribution in [2.45, 2.75) is 26.7 Å². The van der Waals surface area contributed by atoms with Crippen molar-refractivity contribution >= 4 is 13.7 Å². The fourth-order valence-electron chi connectivity index (χ4n) is 0.783. The molecular weight excluding hydrogens is 251 g/mol. The van der Waals surface area contributed by atoms with Crippen LogP contribution in [0, 0.1) is 11.3 Å². The predicted molar refractivity (Wildman–Crippen MR) is 70.5 cm³/mol. The number of hydrogen-bond donors (Lipinski definition) is 2. The second kappa shape index (κ2) is 8.60. The molecule has 0 bridgehead atoms. The van der Waals surface area contributed by atoms with Crippen molar-refractivity contribution in [2.24, 2.45) is 0 Å². The third-order valence-electron chi connectivity index (χ3n) is 1.90. The van der Waals surface area contributed by atoms with Gasteiger partial charge in [0.15, 0.2) is 0 Å². The molecule has 0 saturated carbocycles. The smallest absolute Gasteiger partial charge is 0.321 e. The van der Waals surface area contributed by atoms with Crippen molar-refractivity contribution in [1.82, 2.24) is 4.98 Å². The van der Waals surface area contributed by atoms with Crippen LogP contribution in [0.2, 0.25) is 0 Å². The normalized spacial score (nSPS) is 11.2. The van der Waals surface area contributed by atoms with Crippen LogP contribution < -0.4 is 0 Å². The average molecular weight is 268 g/mol. The van der Waals surface area contributed by atoms with E-state index in [2.05, 4.69) is 18.8 Å². The number of nitrogens with zero attached hydrogens (tertiary/aromatic N) is 2. The Hall–Kier alpha value is -1.47. The van der Waals surface area contributed by atoms with E-state index in [-0.39, 0.29) is 0 Å². The zero-order valence-corrected chi connectivity index (χ0v) is 11.3. The van der Waals surface area contributed by atoms with E-state index in [9.17, 15) is 4.57 Å². The van der Waals surface area contributed by atoms with Gasteiger partial charge in [-0.15, -0.1) is 0 Å². The molecular formula is C12H17N2O3P. The van der Waals surface area contributed by atoms with E-state index < -0.39 is 12.9 Å². The van der Waals surface area contributed by atoms with Gasteiger partial charge in [0.05, 0.1) is 5.69 Å². The maximum absolute atomic E-state index is 10.7. The quantitative estimate of drug-likeness (QED) is 0.649. The minimum absolute atomic E-state index is 0.340. The molecule has 0 saturated heterocycles. The summed E-state index contributed by atoms with van der Waals surface area (Å²) in [6.07, 6.45) is 5.18. The second-order valence-corrected chi connectivity index (χ2v) is 5.01. The van der Waals surface area contributed by atoms with Gasteiger partial charge in [-0.3, -0.25) is 9.55 Å². The molecule has 1 aromatic heterocycles. The van der Waals surface area contributed by atoms with E-state index in [4.69, 9.17) is 15.0 Å². The Morgan fingerprint density at radius 3 is 2.39 bits per heavy atom. The lowest BCUT2D eigenvalue weighted by molar-refractivity contribution is 0.384. The summed E-state index contributed by atoms with van der Waals surface area (Å²) in [6.45, 7) is 4.36. The van der Waals surface area contributed by atoms with Crippen molar-refractivity contribution in [1.29, 1.82) is 5.26 Å². The Labute approximate surface area is 107 Å². The third-order valence-corrected chi connectivity index (χ3v) is 2.76. The van der Waals surface area contributed by atoms with E-state index in [1.807, 2.05) is 0 Å². The number of allylic oxidation sites excluding steroid dienone is 1. The molecule has 1 heterocycles. The summed E-state index contributed by atoms with van der Waals surface area (Å²) >= 11 is 0. The van der Waals surface area contributed by atoms with Crippen LogP contribution in [0.5, 0.6) is 0 Å². The molecule has 0 unspecified atom stereocenters. The highest BCUT2D eigenvalue weighted by molar-refractivity contribution is 7.57. The Balaban J connectivity index is 0.000000631. The van der Waals surface area contributed by atoms with E-state index >= 15 is 0 Å². The van der Waals surface area contributed by atoms with Crippen LogP contribution in [0.3, 0.4) is 0 Å². The van der Waals surface area contributed by atoms with Gasteiger partial charge in [-0.2, -0.15) is 5.26 Å². The number of hydrogen-bond acceptors (Lipinski definition) is 3. The van der Waals surface area contributed by atoms with Gasteiger partial charge in [-0.1, -0.05) is 32.8 Å². The van der Waals surface area contributed by atoms with Crippen molar-refractivity contribution in [3.8, 4) is 6.07 Å². The zero-order valence-electron chi connectivity index (χ0n) is 10.4. The molecule has 0 fully saturated rings. The molecule has 1 rings (SSSR count). The molecule has 1 aromatic rings. The van der Waals surface area contributed by atoms with Crippen LogP contribution in [0.1, 0.15) is 32.4 Å². The standard InChI is InChI=1S/C8H7N2O3P.C4H10/c9-6-8(14(11,12)13)5-7-3-1-2-4-10-7;1-3-4-2/h1-5H,(H2,11,12,13);3-4H2,1-2H3/b8-5+;. The molecule has 18 heavy (non-hydrogen) atoms. The summed E-state index contributed by atoms with van der Waals surface area (Å²) < 4.78 is 10.7. The highest BCUT2D eigenvalue weighted by Gasteiger charge is 2.20. The summed E-state index contributed by atoms with van der Waals surface area (Å²) in [4.78, 5) is 21.3. The zero-order chi connectivity index (χ0) is 14.0. The summed E-state index contributed by atoms with van der Waals surface area (Å²) in [5.41, 5.74) is 0.340. The van der Waals surface area contributed by atoms with Gasteiger partial charge >= 0.3 is 7.60 Å². The maximum atomic E-state index is 10.7. The lowest BCUT2D eigenvalue weighted by Crippen LogP contribution is -1.84. The Kier molecular flexibility index (Phi) is 7.89. The molecule has 0 spiro atoms. The molecule has 98 valence electrons. The fourth-order valence-corrected chi connectivity index (χ4v) is 1.21. The van der Waals surface area contributed by atoms with Crippen molar-refractivity contribution in [3.05, 3.63) is 35.4 Å². The van der Waals surface area contributed by atoms with Gasteiger partial charge in [0.2, 0.25) is 0 Å². The van der Waals surface area contributed by atoms with Gasteiger partial charge in [0.25, 0.3) is 0 Å². The minimum atomic E-state index is -4.48. The molecule has 0 aromatic carbocycles. The van der Waals surface area contributed by atoms with Crippen molar-refractivity contribution in [3.63, 3.8) is 0 Å². The molecule has 0 aliphatic carbocycles. The molecule has 0 aliphatic rings. The number of unbranched alkanes of at least 4 members (excludes halogenated alkanes) is 1. The predicted octanol–water partition coefficient (Wildman–Crippen LogP) is 2.93. The van der Waals surface area contributed by atoms with Crippen molar-refractivity contribution < 1.29 is 14.4 Å². The minimum Gasteiger partial charge on any atom is -0.321 e. The Bertz CT molecular complexity index is 458. The van der Waals surface area contributed by atoms with E-state index in [0.717, 1.165) is 6.08 Å². The first-order valence-electron chi connectivity index (χ1n) is 5.54. The molecule has 6 heteroatoms. The van der Waals surface area contributed by atoms with Gasteiger partial charge in [0, 0.05) is 6.20 Å². The first kappa shape index (κ1) is 16.5. The molecule has 0 atom stereocenters. The lowest BCUT2D eigenvalue weighted by atomic mass is 10.3. The Morgan fingerprint density at radius 2 is 2.06 bits per heavy atom. The first-order valence-corrected chi connectivity index (χ1v) is 7.15. The monoisotopic (exact) mass is 268 g/mol. The summed E-state index contributed by atoms with van der Waals surface area (Å²) in [5, 5.41) is 7.90. The number of rotatable bonds is 3. The van der Waals surface area contributed by atoms with Crippen LogP contribution in [0.15, 0.2) is 29.7 Å². The molecule has 2 N–H and O–H groups in total. The topological polar surface area (TPSA) is 94.2 Å². The van der Waals surface area contributed by atoms with E-state index in [0.29, 0.717) is 5.69 Å². The van der Waals surface area contributed by atoms with Crippen LogP contribution in [-0.2, 0) is 4.57 Å². The summed E-state index contributed by atoms with van der Waals surface area (Å²) in [6, 6.07) is 6.32. The molecule has 5 nitrogen and oxygen atoms in total. The van der Waals surface area contributed by atoms with Crippen LogP contribution in [0.4, 0.5) is 0 Å². The second-order valence-electron chi connectivity index (χ2n) is 3.44. The maximum Gasteiger partial charge on any atom is 0.366 e. The molecule has 0 aliphatic heterocycles. The number of aromatic nitrogens is 1. The van der Waals surface area contributed by atoms with Crippen LogP contribution in [0.25, 0.3) is 6.08 Å². The van der Waals surface area contributed by atoms with Gasteiger partial charge in [-0.05, 0) is 18.2 Å². The Morgan fingerprint density at radius 1 is 1.44 bits per heavy atom. The summed E-state index contributed by atoms with van der Waals surface area (Å²) in [7, 11) is -4.48. The third kappa shape index (κ3) is 6.97. The number of nitriles is 1.